The van der Waals surface area contributed by atoms with Crippen molar-refractivity contribution >= 4 is 0 Å². The van der Waals surface area contributed by atoms with Crippen LogP contribution in [0.15, 0.2) is 12.2 Å². The summed E-state index contributed by atoms with van der Waals surface area (Å²) in [4.78, 5) is 0. The zero-order valence-corrected chi connectivity index (χ0v) is 10.2. The summed E-state index contributed by atoms with van der Waals surface area (Å²) in [6.07, 6.45) is 5.33. The molecule has 2 N–H and O–H groups in total. The molecule has 1 saturated carbocycles. The van der Waals surface area contributed by atoms with Crippen molar-refractivity contribution in [2.45, 2.75) is 51.6 Å². The van der Waals surface area contributed by atoms with Gasteiger partial charge < -0.3 is 10.4 Å². The van der Waals surface area contributed by atoms with Gasteiger partial charge in [0.2, 0.25) is 0 Å². The molecule has 2 unspecified atom stereocenters. The second-order valence-electron chi connectivity index (χ2n) is 5.13. The average molecular weight is 211 g/mol. The minimum Gasteiger partial charge on any atom is -0.389 e. The number of hydrogen-bond acceptors (Lipinski definition) is 2. The van der Waals surface area contributed by atoms with Gasteiger partial charge in [0.1, 0.15) is 0 Å². The molecule has 0 bridgehead atoms. The predicted molar refractivity (Wildman–Crippen MR) is 64.9 cm³/mol. The van der Waals surface area contributed by atoms with Crippen molar-refractivity contribution in [3.8, 4) is 0 Å². The third-order valence-electron chi connectivity index (χ3n) is 3.40. The highest BCUT2D eigenvalue weighted by molar-refractivity contribution is 4.96. The zero-order chi connectivity index (χ0) is 11.3. The van der Waals surface area contributed by atoms with E-state index in [0.717, 1.165) is 38.8 Å². The van der Waals surface area contributed by atoms with Crippen molar-refractivity contribution in [3.05, 3.63) is 12.2 Å². The molecule has 0 amide bonds. The van der Waals surface area contributed by atoms with E-state index in [1.165, 1.54) is 12.0 Å². The van der Waals surface area contributed by atoms with Gasteiger partial charge >= 0.3 is 0 Å². The van der Waals surface area contributed by atoms with Crippen molar-refractivity contribution < 1.29 is 5.11 Å². The Balaban J connectivity index is 2.26. The van der Waals surface area contributed by atoms with Gasteiger partial charge in [0.15, 0.2) is 0 Å². The van der Waals surface area contributed by atoms with Crippen LogP contribution in [0.1, 0.15) is 46.0 Å². The van der Waals surface area contributed by atoms with E-state index in [0.29, 0.717) is 5.92 Å². The highest BCUT2D eigenvalue weighted by Crippen LogP contribution is 2.31. The van der Waals surface area contributed by atoms with Crippen LogP contribution in [0.4, 0.5) is 0 Å². The molecule has 15 heavy (non-hydrogen) atoms. The highest BCUT2D eigenvalue weighted by Gasteiger charge is 2.31. The molecule has 0 aliphatic heterocycles. The van der Waals surface area contributed by atoms with E-state index in [1.54, 1.807) is 0 Å². The first kappa shape index (κ1) is 12.7. The summed E-state index contributed by atoms with van der Waals surface area (Å²) in [6.45, 7) is 9.85. The molecule has 0 radical (unpaired) electrons. The van der Waals surface area contributed by atoms with Crippen molar-refractivity contribution in [2.75, 3.05) is 13.1 Å². The van der Waals surface area contributed by atoms with Gasteiger partial charge in [0, 0.05) is 13.1 Å². The third kappa shape index (κ3) is 4.35. The van der Waals surface area contributed by atoms with Gasteiger partial charge in [-0.3, -0.25) is 0 Å². The van der Waals surface area contributed by atoms with Crippen molar-refractivity contribution in [2.24, 2.45) is 5.92 Å². The molecular weight excluding hydrogens is 186 g/mol. The topological polar surface area (TPSA) is 32.3 Å². The van der Waals surface area contributed by atoms with Crippen LogP contribution in [-0.4, -0.2) is 23.8 Å². The fraction of sp³-hybridized carbons (Fsp3) is 0.846. The van der Waals surface area contributed by atoms with Crippen LogP contribution < -0.4 is 5.32 Å². The van der Waals surface area contributed by atoms with Crippen LogP contribution in [-0.2, 0) is 0 Å². The summed E-state index contributed by atoms with van der Waals surface area (Å²) < 4.78 is 0. The maximum absolute atomic E-state index is 10.3. The van der Waals surface area contributed by atoms with Crippen LogP contribution in [0.5, 0.6) is 0 Å². The van der Waals surface area contributed by atoms with Crippen LogP contribution in [0.25, 0.3) is 0 Å². The lowest BCUT2D eigenvalue weighted by molar-refractivity contribution is -0.0110. The Morgan fingerprint density at radius 1 is 1.60 bits per heavy atom. The maximum atomic E-state index is 10.3. The molecule has 1 aliphatic carbocycles. The van der Waals surface area contributed by atoms with Gasteiger partial charge in [-0.2, -0.15) is 0 Å². The summed E-state index contributed by atoms with van der Waals surface area (Å²) in [5.41, 5.74) is 0.744. The summed E-state index contributed by atoms with van der Waals surface area (Å²) in [5.74, 6) is 0.667. The molecular formula is C13H25NO. The number of hydrogen-bond donors (Lipinski definition) is 2. The van der Waals surface area contributed by atoms with E-state index in [4.69, 9.17) is 0 Å². The third-order valence-corrected chi connectivity index (χ3v) is 3.40. The minimum atomic E-state index is -0.467. The van der Waals surface area contributed by atoms with Crippen LogP contribution >= 0.6 is 0 Å². The first-order valence-corrected chi connectivity index (χ1v) is 6.15. The quantitative estimate of drug-likeness (QED) is 0.685. The molecule has 1 rings (SSSR count). The monoisotopic (exact) mass is 211 g/mol. The zero-order valence-electron chi connectivity index (χ0n) is 10.2. The largest absolute Gasteiger partial charge is 0.389 e. The number of rotatable bonds is 5. The van der Waals surface area contributed by atoms with Gasteiger partial charge in [0.25, 0.3) is 0 Å². The molecule has 1 fully saturated rings. The fourth-order valence-electron chi connectivity index (χ4n) is 2.39. The summed E-state index contributed by atoms with van der Waals surface area (Å²) >= 11 is 0. The number of aliphatic hydroxyl groups is 1. The normalized spacial score (nSPS) is 31.5. The summed E-state index contributed by atoms with van der Waals surface area (Å²) in [7, 11) is 0. The molecule has 0 aromatic carbocycles. The van der Waals surface area contributed by atoms with Crippen LogP contribution in [0.2, 0.25) is 0 Å². The Morgan fingerprint density at radius 2 is 2.33 bits per heavy atom. The second kappa shape index (κ2) is 5.66. The number of nitrogens with one attached hydrogen (secondary N) is 1. The smallest absolute Gasteiger partial charge is 0.0774 e. The van der Waals surface area contributed by atoms with E-state index in [9.17, 15) is 5.11 Å². The summed E-state index contributed by atoms with van der Waals surface area (Å²) in [5, 5.41) is 13.7. The first-order valence-electron chi connectivity index (χ1n) is 6.15. The Morgan fingerprint density at radius 3 is 2.93 bits per heavy atom. The van der Waals surface area contributed by atoms with Crippen molar-refractivity contribution in [1.29, 1.82) is 0 Å². The molecule has 2 atom stereocenters. The molecule has 2 heteroatoms. The average Bonchev–Trinajstić information content (AvgIpc) is 2.16. The van der Waals surface area contributed by atoms with E-state index in [2.05, 4.69) is 25.7 Å². The minimum absolute atomic E-state index is 0.467. The van der Waals surface area contributed by atoms with E-state index in [-0.39, 0.29) is 0 Å². The van der Waals surface area contributed by atoms with Crippen molar-refractivity contribution in [3.63, 3.8) is 0 Å². The molecule has 0 aromatic rings. The SMILES string of the molecule is C=C(CC)CNCC1(O)CCCC(C)C1. The molecule has 0 saturated heterocycles. The summed E-state index contributed by atoms with van der Waals surface area (Å²) in [6, 6.07) is 0. The Hall–Kier alpha value is -0.340. The second-order valence-corrected chi connectivity index (χ2v) is 5.13. The maximum Gasteiger partial charge on any atom is 0.0774 e. The molecule has 0 heterocycles. The lowest BCUT2D eigenvalue weighted by Gasteiger charge is -2.35. The molecule has 0 spiro atoms. The Kier molecular flexibility index (Phi) is 4.81. The molecule has 0 aromatic heterocycles. The molecule has 88 valence electrons. The Bertz CT molecular complexity index is 215. The van der Waals surface area contributed by atoms with E-state index in [1.807, 2.05) is 0 Å². The van der Waals surface area contributed by atoms with Gasteiger partial charge in [0.05, 0.1) is 5.60 Å². The lowest BCUT2D eigenvalue weighted by atomic mass is 9.79. The van der Waals surface area contributed by atoms with Gasteiger partial charge in [-0.05, 0) is 25.2 Å². The lowest BCUT2D eigenvalue weighted by Crippen LogP contribution is -2.44. The molecule has 1 aliphatic rings. The van der Waals surface area contributed by atoms with E-state index < -0.39 is 5.60 Å². The standard InChI is InChI=1S/C13H25NO/c1-4-11(2)9-14-10-13(15)7-5-6-12(3)8-13/h12,14-15H,2,4-10H2,1,3H3. The predicted octanol–water partition coefficient (Wildman–Crippen LogP) is 2.48. The van der Waals surface area contributed by atoms with Crippen LogP contribution in [0.3, 0.4) is 0 Å². The Labute approximate surface area is 93.8 Å². The van der Waals surface area contributed by atoms with E-state index >= 15 is 0 Å². The van der Waals surface area contributed by atoms with Crippen molar-refractivity contribution in [1.82, 2.24) is 5.32 Å². The van der Waals surface area contributed by atoms with Crippen LogP contribution in [0, 0.1) is 5.92 Å². The first-order chi connectivity index (χ1) is 7.06. The fourth-order valence-corrected chi connectivity index (χ4v) is 2.39. The van der Waals surface area contributed by atoms with Gasteiger partial charge in [-0.25, -0.2) is 0 Å². The molecule has 2 nitrogen and oxygen atoms in total. The highest BCUT2D eigenvalue weighted by atomic mass is 16.3. The van der Waals surface area contributed by atoms with Gasteiger partial charge in [-0.1, -0.05) is 38.8 Å². The van der Waals surface area contributed by atoms with Gasteiger partial charge in [-0.15, -0.1) is 0 Å².